The van der Waals surface area contributed by atoms with Gasteiger partial charge in [0.15, 0.2) is 0 Å². The lowest BCUT2D eigenvalue weighted by atomic mass is 9.86. The zero-order valence-corrected chi connectivity index (χ0v) is 16.2. The topological polar surface area (TPSA) is 122 Å². The molecule has 0 aliphatic heterocycles. The molecule has 5 N–H and O–H groups in total. The van der Waals surface area contributed by atoms with Crippen molar-refractivity contribution in [1.29, 1.82) is 0 Å². The van der Waals surface area contributed by atoms with Gasteiger partial charge in [-0.3, -0.25) is 9.59 Å². The Hall–Kier alpha value is -3.35. The van der Waals surface area contributed by atoms with E-state index in [-0.39, 0.29) is 11.8 Å². The van der Waals surface area contributed by atoms with Crippen molar-refractivity contribution in [3.05, 3.63) is 65.2 Å². The highest BCUT2D eigenvalue weighted by Crippen LogP contribution is 2.25. The van der Waals surface area contributed by atoms with Crippen molar-refractivity contribution in [2.24, 2.45) is 5.73 Å². The monoisotopic (exact) mass is 383 g/mol. The van der Waals surface area contributed by atoms with E-state index in [1.54, 1.807) is 12.1 Å². The van der Waals surface area contributed by atoms with Crippen LogP contribution in [0.15, 0.2) is 48.5 Å². The normalized spacial score (nSPS) is 12.1. The van der Waals surface area contributed by atoms with E-state index in [1.165, 1.54) is 12.1 Å². The molecule has 28 heavy (non-hydrogen) atoms. The zero-order valence-electron chi connectivity index (χ0n) is 16.2. The highest BCUT2D eigenvalue weighted by Gasteiger charge is 2.20. The molecule has 0 heterocycles. The van der Waals surface area contributed by atoms with Crippen molar-refractivity contribution in [1.82, 2.24) is 5.32 Å². The van der Waals surface area contributed by atoms with Crippen LogP contribution >= 0.6 is 0 Å². The predicted molar refractivity (Wildman–Crippen MR) is 107 cm³/mol. The molecule has 0 spiro atoms. The molecule has 1 unspecified atom stereocenters. The molecule has 0 radical (unpaired) electrons. The molecular weight excluding hydrogens is 358 g/mol. The number of hydrogen-bond acceptors (Lipinski definition) is 3. The fourth-order valence-corrected chi connectivity index (χ4v) is 2.73. The van der Waals surface area contributed by atoms with Crippen LogP contribution in [0.25, 0.3) is 0 Å². The van der Waals surface area contributed by atoms with E-state index in [0.29, 0.717) is 11.3 Å². The molecule has 2 aromatic rings. The summed E-state index contributed by atoms with van der Waals surface area (Å²) in [7, 11) is 0. The summed E-state index contributed by atoms with van der Waals surface area (Å²) in [6.45, 7) is 6.28. The number of rotatable bonds is 6. The van der Waals surface area contributed by atoms with Gasteiger partial charge in [0.05, 0.1) is 12.5 Å². The first kappa shape index (κ1) is 21.0. The molecule has 0 saturated heterocycles. The second-order valence-corrected chi connectivity index (χ2v) is 7.56. The second kappa shape index (κ2) is 8.56. The van der Waals surface area contributed by atoms with Crippen LogP contribution in [-0.4, -0.2) is 23.0 Å². The van der Waals surface area contributed by atoms with Gasteiger partial charge in [-0.05, 0) is 40.8 Å². The van der Waals surface area contributed by atoms with Crippen LogP contribution in [0.4, 0.5) is 10.5 Å². The minimum atomic E-state index is -1.01. The van der Waals surface area contributed by atoms with E-state index in [0.717, 1.165) is 11.1 Å². The third-order valence-corrected chi connectivity index (χ3v) is 4.28. The Labute approximate surface area is 163 Å². The van der Waals surface area contributed by atoms with Crippen molar-refractivity contribution in [3.63, 3.8) is 0 Å². The number of benzene rings is 2. The molecule has 2 aromatic carbocycles. The summed E-state index contributed by atoms with van der Waals surface area (Å²) in [6, 6.07) is 12.4. The van der Waals surface area contributed by atoms with Crippen LogP contribution in [-0.2, 0) is 10.2 Å². The van der Waals surface area contributed by atoms with Gasteiger partial charge in [-0.2, -0.15) is 0 Å². The second-order valence-electron chi connectivity index (χ2n) is 7.56. The third-order valence-electron chi connectivity index (χ3n) is 4.28. The molecule has 7 nitrogen and oxygen atoms in total. The first-order valence-electron chi connectivity index (χ1n) is 8.86. The summed E-state index contributed by atoms with van der Waals surface area (Å²) >= 11 is 0. The fourth-order valence-electron chi connectivity index (χ4n) is 2.73. The van der Waals surface area contributed by atoms with Gasteiger partial charge in [-0.15, -0.1) is 0 Å². The number of primary amides is 1. The molecule has 0 fully saturated rings. The molecule has 0 aliphatic carbocycles. The van der Waals surface area contributed by atoms with Crippen molar-refractivity contribution >= 4 is 23.6 Å². The summed E-state index contributed by atoms with van der Waals surface area (Å²) in [4.78, 5) is 34.7. The Morgan fingerprint density at radius 3 is 2.04 bits per heavy atom. The maximum Gasteiger partial charge on any atom is 0.316 e. The van der Waals surface area contributed by atoms with E-state index in [4.69, 9.17) is 5.73 Å². The van der Waals surface area contributed by atoms with Gasteiger partial charge in [-0.1, -0.05) is 45.0 Å². The molecule has 0 aliphatic rings. The highest BCUT2D eigenvalue weighted by molar-refractivity contribution is 5.95. The maximum absolute atomic E-state index is 12.6. The lowest BCUT2D eigenvalue weighted by Crippen LogP contribution is -2.30. The first-order chi connectivity index (χ1) is 13.1. The predicted octanol–water partition coefficient (Wildman–Crippen LogP) is 3.42. The minimum Gasteiger partial charge on any atom is -0.481 e. The van der Waals surface area contributed by atoms with Crippen LogP contribution in [0.5, 0.6) is 0 Å². The Morgan fingerprint density at radius 2 is 1.57 bits per heavy atom. The molecule has 0 saturated carbocycles. The number of nitrogens with two attached hydrogens (primary N) is 1. The molecular formula is C21H25N3O4. The standard InChI is InChI=1S/C21H25N3O4/c1-21(2,3)15-8-4-13(5-9-15)17(12-18(25)26)24-19(27)14-6-10-16(11-7-14)23-20(22)28/h4-11,17H,12H2,1-3H3,(H,24,27)(H,25,26)(H3,22,23,28). The summed E-state index contributed by atoms with van der Waals surface area (Å²) < 4.78 is 0. The quantitative estimate of drug-likeness (QED) is 0.610. The van der Waals surface area contributed by atoms with Gasteiger partial charge in [0.25, 0.3) is 5.91 Å². The van der Waals surface area contributed by atoms with Crippen LogP contribution in [0.3, 0.4) is 0 Å². The molecule has 1 atom stereocenters. The van der Waals surface area contributed by atoms with Crippen molar-refractivity contribution < 1.29 is 19.5 Å². The SMILES string of the molecule is CC(C)(C)c1ccc(C(CC(=O)O)NC(=O)c2ccc(NC(N)=O)cc2)cc1. The number of aliphatic carboxylic acids is 1. The van der Waals surface area contributed by atoms with Crippen LogP contribution in [0.2, 0.25) is 0 Å². The Balaban J connectivity index is 2.18. The highest BCUT2D eigenvalue weighted by atomic mass is 16.4. The average molecular weight is 383 g/mol. The van der Waals surface area contributed by atoms with Gasteiger partial charge in [-0.25, -0.2) is 4.79 Å². The number of carboxylic acid groups (broad SMARTS) is 1. The maximum atomic E-state index is 12.6. The number of anilines is 1. The molecule has 2 rings (SSSR count). The van der Waals surface area contributed by atoms with E-state index in [2.05, 4.69) is 31.4 Å². The molecule has 7 heteroatoms. The van der Waals surface area contributed by atoms with Crippen molar-refractivity contribution in [2.45, 2.75) is 38.6 Å². The molecule has 0 bridgehead atoms. The van der Waals surface area contributed by atoms with Gasteiger partial charge in [0.2, 0.25) is 0 Å². The first-order valence-corrected chi connectivity index (χ1v) is 8.86. The van der Waals surface area contributed by atoms with Gasteiger partial charge in [0.1, 0.15) is 0 Å². The van der Waals surface area contributed by atoms with Crippen molar-refractivity contribution in [2.75, 3.05) is 5.32 Å². The number of hydrogen-bond donors (Lipinski definition) is 4. The zero-order chi connectivity index (χ0) is 20.9. The Morgan fingerprint density at radius 1 is 1.00 bits per heavy atom. The molecule has 0 aromatic heterocycles. The number of carboxylic acids is 1. The fraction of sp³-hybridized carbons (Fsp3) is 0.286. The minimum absolute atomic E-state index is 0.0230. The van der Waals surface area contributed by atoms with Crippen LogP contribution in [0, 0.1) is 0 Å². The van der Waals surface area contributed by atoms with Gasteiger partial charge < -0.3 is 21.5 Å². The van der Waals surface area contributed by atoms with E-state index in [1.807, 2.05) is 24.3 Å². The average Bonchev–Trinajstić information content (AvgIpc) is 2.60. The van der Waals surface area contributed by atoms with Gasteiger partial charge in [0, 0.05) is 11.3 Å². The molecule has 3 amide bonds. The summed E-state index contributed by atoms with van der Waals surface area (Å²) in [5.41, 5.74) is 7.67. The lowest BCUT2D eigenvalue weighted by molar-refractivity contribution is -0.137. The third kappa shape index (κ3) is 5.84. The van der Waals surface area contributed by atoms with Gasteiger partial charge >= 0.3 is 12.0 Å². The Bertz CT molecular complexity index is 853. The number of carbonyl (C=O) groups excluding carboxylic acids is 2. The Kier molecular flexibility index (Phi) is 6.41. The summed E-state index contributed by atoms with van der Waals surface area (Å²) in [5.74, 6) is -1.41. The number of urea groups is 1. The largest absolute Gasteiger partial charge is 0.481 e. The summed E-state index contributed by atoms with van der Waals surface area (Å²) in [6.07, 6.45) is -0.234. The number of nitrogens with one attached hydrogen (secondary N) is 2. The lowest BCUT2D eigenvalue weighted by Gasteiger charge is -2.22. The van der Waals surface area contributed by atoms with E-state index >= 15 is 0 Å². The number of carbonyl (C=O) groups is 3. The summed E-state index contributed by atoms with van der Waals surface area (Å²) in [5, 5.41) is 14.4. The van der Waals surface area contributed by atoms with E-state index < -0.39 is 23.9 Å². The molecule has 148 valence electrons. The van der Waals surface area contributed by atoms with E-state index in [9.17, 15) is 19.5 Å². The van der Waals surface area contributed by atoms with Crippen molar-refractivity contribution in [3.8, 4) is 0 Å². The van der Waals surface area contributed by atoms with Crippen LogP contribution in [0.1, 0.15) is 54.7 Å². The van der Waals surface area contributed by atoms with Crippen LogP contribution < -0.4 is 16.4 Å². The number of amides is 3. The smallest absolute Gasteiger partial charge is 0.316 e.